The molecule has 0 amide bonds. The van der Waals surface area contributed by atoms with Crippen LogP contribution in [0.2, 0.25) is 0 Å². The first-order valence-corrected chi connectivity index (χ1v) is 20.2. The maximum absolute atomic E-state index is 5.24. The summed E-state index contributed by atoms with van der Waals surface area (Å²) in [4.78, 5) is 10.5. The van der Waals surface area contributed by atoms with Crippen molar-refractivity contribution in [3.05, 3.63) is 218 Å². The van der Waals surface area contributed by atoms with Crippen molar-refractivity contribution >= 4 is 43.1 Å². The first-order valence-electron chi connectivity index (χ1n) is 20.2. The molecule has 0 N–H and O–H groups in total. The Morgan fingerprint density at radius 2 is 0.746 bits per heavy atom. The van der Waals surface area contributed by atoms with Gasteiger partial charge in [-0.1, -0.05) is 200 Å². The highest BCUT2D eigenvalue weighted by molar-refractivity contribution is 6.16. The molecule has 0 unspecified atom stereocenters. The van der Waals surface area contributed by atoms with Crippen LogP contribution in [-0.2, 0) is 0 Å². The molecule has 1 aromatic heterocycles. The van der Waals surface area contributed by atoms with E-state index in [0.717, 1.165) is 39.2 Å². The molecule has 0 aliphatic carbocycles. The molecular weight excluding hydrogens is 713 g/mol. The third kappa shape index (κ3) is 6.14. The SMILES string of the molecule is Cc1c(-c2ccc(-c3ccc(-c4nc(-c5cccc6ccccc56)cc(-c5cccc6ccccc56)n4)cc3)cc2)cc(-c2ccccc2)c2c1ccc1ccccc12. The van der Waals surface area contributed by atoms with Crippen molar-refractivity contribution in [2.24, 2.45) is 0 Å². The van der Waals surface area contributed by atoms with Gasteiger partial charge < -0.3 is 0 Å². The number of aryl methyl sites for hydroxylation is 1. The highest BCUT2D eigenvalue weighted by Gasteiger charge is 2.17. The molecule has 0 saturated carbocycles. The summed E-state index contributed by atoms with van der Waals surface area (Å²) in [6.07, 6.45) is 0. The number of nitrogens with zero attached hydrogens (tertiary/aromatic N) is 2. The van der Waals surface area contributed by atoms with Crippen molar-refractivity contribution in [3.8, 4) is 67.3 Å². The van der Waals surface area contributed by atoms with Gasteiger partial charge in [0.15, 0.2) is 5.82 Å². The van der Waals surface area contributed by atoms with E-state index in [-0.39, 0.29) is 0 Å². The topological polar surface area (TPSA) is 25.8 Å². The quantitative estimate of drug-likeness (QED) is 0.158. The van der Waals surface area contributed by atoms with Gasteiger partial charge in [0.05, 0.1) is 11.4 Å². The monoisotopic (exact) mass is 750 g/mol. The van der Waals surface area contributed by atoms with Gasteiger partial charge in [-0.05, 0) is 101 Å². The molecule has 0 atom stereocenters. The molecule has 2 nitrogen and oxygen atoms in total. The molecule has 10 aromatic carbocycles. The van der Waals surface area contributed by atoms with Gasteiger partial charge in [-0.3, -0.25) is 0 Å². The second-order valence-electron chi connectivity index (χ2n) is 15.3. The van der Waals surface area contributed by atoms with Gasteiger partial charge in [-0.15, -0.1) is 0 Å². The summed E-state index contributed by atoms with van der Waals surface area (Å²) in [6.45, 7) is 2.26. The van der Waals surface area contributed by atoms with E-state index < -0.39 is 0 Å². The standard InChI is InChI=1S/C57H38N2/c1-37-46-34-33-43-17-7-10-22-49(43)56(46)53(42-13-3-2-4-14-42)35-52(37)44-29-25-38(26-30-44)39-27-31-45(32-28-39)57-58-54(50-23-11-18-40-15-5-8-20-47(40)50)36-55(59-57)51-24-12-19-41-16-6-9-21-48(41)51/h2-36H,1H3. The van der Waals surface area contributed by atoms with Crippen LogP contribution in [0.1, 0.15) is 5.56 Å². The van der Waals surface area contributed by atoms with Gasteiger partial charge in [0.2, 0.25) is 0 Å². The van der Waals surface area contributed by atoms with Crippen LogP contribution in [0, 0.1) is 6.92 Å². The number of benzene rings is 10. The third-order valence-electron chi connectivity index (χ3n) is 11.9. The molecule has 0 fully saturated rings. The van der Waals surface area contributed by atoms with Crippen LogP contribution >= 0.6 is 0 Å². The van der Waals surface area contributed by atoms with Crippen molar-refractivity contribution in [3.63, 3.8) is 0 Å². The number of rotatable bonds is 6. The zero-order chi connectivity index (χ0) is 39.3. The van der Waals surface area contributed by atoms with Crippen molar-refractivity contribution in [2.75, 3.05) is 0 Å². The first-order chi connectivity index (χ1) is 29.2. The molecule has 0 radical (unpaired) electrons. The van der Waals surface area contributed by atoms with Gasteiger partial charge in [0, 0.05) is 16.7 Å². The molecule has 0 spiro atoms. The number of hydrogen-bond acceptors (Lipinski definition) is 2. The second kappa shape index (κ2) is 14.4. The van der Waals surface area contributed by atoms with Crippen molar-refractivity contribution < 1.29 is 0 Å². The summed E-state index contributed by atoms with van der Waals surface area (Å²) in [5.74, 6) is 0.703. The van der Waals surface area contributed by atoms with E-state index in [1.54, 1.807) is 0 Å². The fraction of sp³-hybridized carbons (Fsp3) is 0.0175. The Hall–Kier alpha value is -7.68. The van der Waals surface area contributed by atoms with Crippen LogP contribution in [-0.4, -0.2) is 9.97 Å². The number of fused-ring (bicyclic) bond motifs is 5. The Bertz CT molecular complexity index is 3260. The van der Waals surface area contributed by atoms with Gasteiger partial charge in [-0.2, -0.15) is 0 Å². The molecule has 59 heavy (non-hydrogen) atoms. The molecule has 2 heteroatoms. The summed E-state index contributed by atoms with van der Waals surface area (Å²) in [5.41, 5.74) is 13.5. The Labute approximate surface area is 343 Å². The second-order valence-corrected chi connectivity index (χ2v) is 15.3. The predicted molar refractivity (Wildman–Crippen MR) is 249 cm³/mol. The molecule has 0 bridgehead atoms. The maximum atomic E-state index is 5.24. The highest BCUT2D eigenvalue weighted by atomic mass is 14.9. The lowest BCUT2D eigenvalue weighted by molar-refractivity contribution is 1.19. The fourth-order valence-electron chi connectivity index (χ4n) is 8.89. The lowest BCUT2D eigenvalue weighted by atomic mass is 9.86. The summed E-state index contributed by atoms with van der Waals surface area (Å²) in [7, 11) is 0. The molecule has 276 valence electrons. The van der Waals surface area contributed by atoms with E-state index in [1.807, 2.05) is 0 Å². The Morgan fingerprint density at radius 1 is 0.288 bits per heavy atom. The van der Waals surface area contributed by atoms with E-state index in [9.17, 15) is 0 Å². The van der Waals surface area contributed by atoms with Crippen LogP contribution in [0.3, 0.4) is 0 Å². The fourth-order valence-corrected chi connectivity index (χ4v) is 8.89. The van der Waals surface area contributed by atoms with Crippen LogP contribution in [0.4, 0.5) is 0 Å². The predicted octanol–water partition coefficient (Wildman–Crippen LogP) is 15.4. The summed E-state index contributed by atoms with van der Waals surface area (Å²) in [6, 6.07) is 76.2. The first kappa shape index (κ1) is 34.6. The van der Waals surface area contributed by atoms with Gasteiger partial charge in [0.1, 0.15) is 0 Å². The number of aromatic nitrogens is 2. The zero-order valence-electron chi connectivity index (χ0n) is 32.6. The highest BCUT2D eigenvalue weighted by Crippen LogP contribution is 2.42. The van der Waals surface area contributed by atoms with E-state index in [0.29, 0.717) is 5.82 Å². The molecule has 0 saturated heterocycles. The van der Waals surface area contributed by atoms with Crippen LogP contribution in [0.15, 0.2) is 212 Å². The lowest BCUT2D eigenvalue weighted by Gasteiger charge is -2.17. The summed E-state index contributed by atoms with van der Waals surface area (Å²) in [5, 5.41) is 9.86. The van der Waals surface area contributed by atoms with Crippen LogP contribution in [0.5, 0.6) is 0 Å². The van der Waals surface area contributed by atoms with Gasteiger partial charge >= 0.3 is 0 Å². The normalized spacial score (nSPS) is 11.5. The van der Waals surface area contributed by atoms with Crippen molar-refractivity contribution in [1.82, 2.24) is 9.97 Å². The maximum Gasteiger partial charge on any atom is 0.160 e. The minimum absolute atomic E-state index is 0.703. The van der Waals surface area contributed by atoms with Crippen LogP contribution < -0.4 is 0 Å². The van der Waals surface area contributed by atoms with Crippen LogP contribution in [0.25, 0.3) is 110 Å². The minimum Gasteiger partial charge on any atom is -0.228 e. The van der Waals surface area contributed by atoms with Crippen molar-refractivity contribution in [2.45, 2.75) is 6.92 Å². The molecule has 11 rings (SSSR count). The van der Waals surface area contributed by atoms with Gasteiger partial charge in [0.25, 0.3) is 0 Å². The Kier molecular flexibility index (Phi) is 8.41. The molecule has 11 aromatic rings. The van der Waals surface area contributed by atoms with E-state index in [2.05, 4.69) is 219 Å². The summed E-state index contributed by atoms with van der Waals surface area (Å²) >= 11 is 0. The third-order valence-corrected chi connectivity index (χ3v) is 11.9. The Balaban J connectivity index is 0.980. The minimum atomic E-state index is 0.703. The van der Waals surface area contributed by atoms with E-state index in [4.69, 9.17) is 9.97 Å². The number of hydrogen-bond donors (Lipinski definition) is 0. The average molecular weight is 751 g/mol. The summed E-state index contributed by atoms with van der Waals surface area (Å²) < 4.78 is 0. The zero-order valence-corrected chi connectivity index (χ0v) is 32.6. The van der Waals surface area contributed by atoms with E-state index >= 15 is 0 Å². The largest absolute Gasteiger partial charge is 0.228 e. The lowest BCUT2D eigenvalue weighted by Crippen LogP contribution is -1.97. The molecule has 0 aliphatic heterocycles. The Morgan fingerprint density at radius 3 is 1.34 bits per heavy atom. The van der Waals surface area contributed by atoms with Crippen molar-refractivity contribution in [1.29, 1.82) is 0 Å². The molecule has 0 aliphatic rings. The molecule has 1 heterocycles. The van der Waals surface area contributed by atoms with Gasteiger partial charge in [-0.25, -0.2) is 9.97 Å². The molecular formula is C57H38N2. The van der Waals surface area contributed by atoms with E-state index in [1.165, 1.54) is 70.9 Å². The smallest absolute Gasteiger partial charge is 0.160 e. The average Bonchev–Trinajstić information content (AvgIpc) is 3.31.